The highest BCUT2D eigenvalue weighted by atomic mass is 32.2. The number of nitrogens with two attached hydrogens (primary N) is 1. The lowest BCUT2D eigenvalue weighted by Crippen LogP contribution is -2.44. The fourth-order valence-electron chi connectivity index (χ4n) is 5.96. The number of fused-ring (bicyclic) bond motifs is 3. The molecule has 13 heteroatoms. The molecule has 2 aliphatic heterocycles. The minimum absolute atomic E-state index is 0.0337. The minimum Gasteiger partial charge on any atom is -0.502 e. The third-order valence-electron chi connectivity index (χ3n) is 7.96. The number of sulfonamides is 1. The van der Waals surface area contributed by atoms with Crippen molar-refractivity contribution in [2.75, 3.05) is 53.0 Å². The first-order valence-electron chi connectivity index (χ1n) is 13.7. The number of phenols is 1. The topological polar surface area (TPSA) is 168 Å². The molecule has 4 atom stereocenters. The van der Waals surface area contributed by atoms with Crippen molar-refractivity contribution in [1.29, 1.82) is 0 Å². The molecule has 0 aromatic heterocycles. The number of carbonyl (C=O) groups is 1. The number of cyclic esters (lactones) is 1. The van der Waals surface area contributed by atoms with Crippen LogP contribution in [0, 0.1) is 11.8 Å². The number of methoxy groups -OCH3 is 2. The van der Waals surface area contributed by atoms with Crippen LogP contribution in [0.2, 0.25) is 0 Å². The largest absolute Gasteiger partial charge is 0.502 e. The summed E-state index contributed by atoms with van der Waals surface area (Å²) in [5.41, 5.74) is 7.53. The van der Waals surface area contributed by atoms with Gasteiger partial charge in [-0.15, -0.1) is 0 Å². The number of benzene rings is 2. The van der Waals surface area contributed by atoms with Crippen LogP contribution in [-0.2, 0) is 19.6 Å². The number of esters is 1. The van der Waals surface area contributed by atoms with E-state index in [1.54, 1.807) is 24.3 Å². The summed E-state index contributed by atoms with van der Waals surface area (Å²) in [5, 5.41) is 13.7. The van der Waals surface area contributed by atoms with Crippen LogP contribution in [0.4, 0.5) is 0 Å². The molecule has 5 rings (SSSR count). The van der Waals surface area contributed by atoms with Crippen LogP contribution in [0.5, 0.6) is 28.7 Å². The fraction of sp³-hybridized carbons (Fsp3) is 0.536. The first-order chi connectivity index (χ1) is 19.8. The van der Waals surface area contributed by atoms with Gasteiger partial charge in [-0.05, 0) is 66.9 Å². The van der Waals surface area contributed by atoms with Gasteiger partial charge in [0.2, 0.25) is 22.6 Å². The number of aromatic hydroxyl groups is 1. The van der Waals surface area contributed by atoms with E-state index in [0.29, 0.717) is 41.3 Å². The van der Waals surface area contributed by atoms with Crippen molar-refractivity contribution in [3.8, 4) is 28.7 Å². The van der Waals surface area contributed by atoms with Crippen molar-refractivity contribution in [3.05, 3.63) is 41.0 Å². The molecule has 0 spiro atoms. The van der Waals surface area contributed by atoms with E-state index >= 15 is 0 Å². The van der Waals surface area contributed by atoms with Crippen LogP contribution >= 0.6 is 0 Å². The molecule has 1 aliphatic carbocycles. The van der Waals surface area contributed by atoms with Crippen LogP contribution in [0.25, 0.3) is 0 Å². The monoisotopic (exact) mass is 591 g/mol. The van der Waals surface area contributed by atoms with Gasteiger partial charge in [0, 0.05) is 18.4 Å². The number of phenolic OH excluding ortho intramolecular Hbond substituents is 1. The molecule has 5 N–H and O–H groups in total. The molecule has 1 saturated heterocycles. The van der Waals surface area contributed by atoms with Gasteiger partial charge in [-0.3, -0.25) is 4.79 Å². The van der Waals surface area contributed by atoms with Crippen molar-refractivity contribution in [1.82, 2.24) is 10.0 Å². The van der Waals surface area contributed by atoms with E-state index in [1.165, 1.54) is 14.2 Å². The molecule has 1 unspecified atom stereocenters. The van der Waals surface area contributed by atoms with Gasteiger partial charge in [-0.2, -0.15) is 0 Å². The molecule has 2 aromatic carbocycles. The highest BCUT2D eigenvalue weighted by molar-refractivity contribution is 7.89. The number of carbonyl (C=O) groups excluding carboxylic acids is 1. The second-order valence-corrected chi connectivity index (χ2v) is 12.3. The Morgan fingerprint density at radius 3 is 2.32 bits per heavy atom. The molecular formula is C28H37N3O9S. The first-order valence-corrected chi connectivity index (χ1v) is 15.4. The Balaban J connectivity index is 1.50. The van der Waals surface area contributed by atoms with Gasteiger partial charge in [0.25, 0.3) is 0 Å². The maximum absolute atomic E-state index is 13.3. The Bertz CT molecular complexity index is 1360. The number of ether oxygens (including phenoxy) is 5. The molecule has 0 amide bonds. The lowest BCUT2D eigenvalue weighted by molar-refractivity contribution is -0.141. The van der Waals surface area contributed by atoms with Gasteiger partial charge in [-0.1, -0.05) is 6.42 Å². The summed E-state index contributed by atoms with van der Waals surface area (Å²) in [5.74, 6) is -1.12. The molecule has 2 heterocycles. The number of unbranched alkanes of at least 4 members (excludes halogenated alkanes) is 2. The molecule has 0 radical (unpaired) electrons. The fourth-order valence-corrected chi connectivity index (χ4v) is 7.18. The summed E-state index contributed by atoms with van der Waals surface area (Å²) in [6.45, 7) is 1.72. The number of hydrogen-bond donors (Lipinski definition) is 4. The summed E-state index contributed by atoms with van der Waals surface area (Å²) < 4.78 is 57.1. The first kappa shape index (κ1) is 29.2. The maximum Gasteiger partial charge on any atom is 0.310 e. The van der Waals surface area contributed by atoms with Crippen molar-refractivity contribution in [2.45, 2.75) is 31.2 Å². The van der Waals surface area contributed by atoms with Crippen molar-refractivity contribution in [2.24, 2.45) is 17.6 Å². The second-order valence-electron chi connectivity index (χ2n) is 10.4. The molecule has 224 valence electrons. The molecule has 3 aliphatic rings. The van der Waals surface area contributed by atoms with Crippen LogP contribution in [0.15, 0.2) is 24.3 Å². The Morgan fingerprint density at radius 2 is 1.66 bits per heavy atom. The van der Waals surface area contributed by atoms with E-state index in [2.05, 4.69) is 10.0 Å². The van der Waals surface area contributed by atoms with Crippen LogP contribution < -0.4 is 34.7 Å². The summed E-state index contributed by atoms with van der Waals surface area (Å²) in [6.07, 6.45) is 2.85. The average molecular weight is 592 g/mol. The van der Waals surface area contributed by atoms with Gasteiger partial charge < -0.3 is 39.8 Å². The van der Waals surface area contributed by atoms with Gasteiger partial charge in [0.15, 0.2) is 23.0 Å². The Morgan fingerprint density at radius 1 is 0.976 bits per heavy atom. The number of rotatable bonds is 13. The van der Waals surface area contributed by atoms with Crippen molar-refractivity contribution < 1.29 is 42.0 Å². The van der Waals surface area contributed by atoms with Gasteiger partial charge >= 0.3 is 5.97 Å². The van der Waals surface area contributed by atoms with Crippen LogP contribution in [-0.4, -0.2) is 72.5 Å². The van der Waals surface area contributed by atoms with Gasteiger partial charge in [0.05, 0.1) is 38.5 Å². The summed E-state index contributed by atoms with van der Waals surface area (Å²) in [7, 11) is -0.889. The maximum atomic E-state index is 13.3. The van der Waals surface area contributed by atoms with E-state index in [4.69, 9.17) is 29.4 Å². The third-order valence-corrected chi connectivity index (χ3v) is 9.31. The summed E-state index contributed by atoms with van der Waals surface area (Å²) in [6, 6.07) is 6.15. The smallest absolute Gasteiger partial charge is 0.310 e. The van der Waals surface area contributed by atoms with Crippen LogP contribution in [0.1, 0.15) is 47.9 Å². The number of hydrogen-bond acceptors (Lipinski definition) is 11. The molecule has 0 saturated carbocycles. The third kappa shape index (κ3) is 5.89. The Kier molecular flexibility index (Phi) is 8.78. The average Bonchev–Trinajstić information content (AvgIpc) is 3.58. The Labute approximate surface area is 239 Å². The molecule has 41 heavy (non-hydrogen) atoms. The highest BCUT2D eigenvalue weighted by Gasteiger charge is 2.53. The normalized spacial score (nSPS) is 22.7. The quantitative estimate of drug-likeness (QED) is 0.198. The van der Waals surface area contributed by atoms with Gasteiger partial charge in [0.1, 0.15) is 0 Å². The molecule has 12 nitrogen and oxygen atoms in total. The molecule has 2 aromatic rings. The molecule has 1 fully saturated rings. The molecule has 0 bridgehead atoms. The van der Waals surface area contributed by atoms with E-state index in [-0.39, 0.29) is 42.9 Å². The van der Waals surface area contributed by atoms with E-state index in [1.807, 2.05) is 0 Å². The predicted molar refractivity (Wildman–Crippen MR) is 149 cm³/mol. The summed E-state index contributed by atoms with van der Waals surface area (Å²) >= 11 is 0. The minimum atomic E-state index is -3.75. The van der Waals surface area contributed by atoms with E-state index in [0.717, 1.165) is 19.3 Å². The zero-order chi connectivity index (χ0) is 29.1. The summed E-state index contributed by atoms with van der Waals surface area (Å²) in [4.78, 5) is 13.3. The molecular weight excluding hydrogens is 554 g/mol. The predicted octanol–water partition coefficient (Wildman–Crippen LogP) is 1.75. The lowest BCUT2D eigenvalue weighted by Gasteiger charge is -2.39. The number of nitrogens with one attached hydrogen (secondary N) is 2. The SMILES string of the molecule is COc1cc(C2c3cc4c(cc3[C@@H](NS(=O)(=O)CCNCCCCCN)[C@H]3COC(=O)[C@H]23)OCO4)cc(OC)c1O. The zero-order valence-corrected chi connectivity index (χ0v) is 24.0. The Hall–Kier alpha value is -3.26. The highest BCUT2D eigenvalue weighted by Crippen LogP contribution is 2.55. The zero-order valence-electron chi connectivity index (χ0n) is 23.2. The lowest BCUT2D eigenvalue weighted by atomic mass is 9.65. The van der Waals surface area contributed by atoms with Crippen LogP contribution in [0.3, 0.4) is 0 Å². The van der Waals surface area contributed by atoms with Gasteiger partial charge in [-0.25, -0.2) is 13.1 Å². The van der Waals surface area contributed by atoms with Crippen molar-refractivity contribution >= 4 is 16.0 Å². The standard InChI is InChI=1S/C28H37N3O9S/c1-36-22-10-16(11-23(37-2)27(22)32)24-17-12-20-21(40-15-39-20)13-18(17)26(19-14-38-28(33)25(19)24)31-41(34,35)9-8-30-7-5-3-4-6-29/h10-13,19,24-26,30-32H,3-9,14-15,29H2,1-2H3/t19-,24?,25-,26+/m0/s1. The van der Waals surface area contributed by atoms with E-state index in [9.17, 15) is 18.3 Å². The van der Waals surface area contributed by atoms with E-state index < -0.39 is 39.8 Å². The van der Waals surface area contributed by atoms with Crippen molar-refractivity contribution in [3.63, 3.8) is 0 Å². The second kappa shape index (κ2) is 12.3.